The first-order valence-electron chi connectivity index (χ1n) is 10.7. The molecule has 0 unspecified atom stereocenters. The molecule has 10 nitrogen and oxygen atoms in total. The van der Waals surface area contributed by atoms with E-state index >= 15 is 0 Å². The topological polar surface area (TPSA) is 129 Å². The minimum atomic E-state index is -3.88. The highest BCUT2D eigenvalue weighted by molar-refractivity contribution is 7.92. The molecular weight excluding hydrogens is 460 g/mol. The van der Waals surface area contributed by atoms with Crippen LogP contribution in [0.5, 0.6) is 17.2 Å². The maximum atomic E-state index is 12.9. The Morgan fingerprint density at radius 2 is 1.44 bits per heavy atom. The average molecular weight is 487 g/mol. The lowest BCUT2D eigenvalue weighted by Crippen LogP contribution is -2.15. The number of carbonyl (C=O) groups excluding carboxylic acids is 1. The third-order valence-corrected chi connectivity index (χ3v) is 5.73. The monoisotopic (exact) mass is 486 g/mol. The molecule has 0 aliphatic heterocycles. The second kappa shape index (κ2) is 11.3. The van der Waals surface area contributed by atoms with Gasteiger partial charge in [0.2, 0.25) is 11.7 Å². The Kier molecular flexibility index (Phi) is 8.25. The molecule has 0 saturated carbocycles. The molecule has 2 N–H and O–H groups in total. The number of nitrogens with zero attached hydrogens (tertiary/aromatic N) is 2. The lowest BCUT2D eigenvalue weighted by Gasteiger charge is -2.17. The van der Waals surface area contributed by atoms with Crippen molar-refractivity contribution in [1.82, 2.24) is 9.97 Å². The van der Waals surface area contributed by atoms with E-state index in [2.05, 4.69) is 20.0 Å². The van der Waals surface area contributed by atoms with Gasteiger partial charge in [0, 0.05) is 23.6 Å². The molecule has 3 aromatic rings. The molecule has 0 fully saturated rings. The van der Waals surface area contributed by atoms with Crippen LogP contribution in [0.3, 0.4) is 0 Å². The van der Waals surface area contributed by atoms with Crippen molar-refractivity contribution in [3.8, 4) is 17.2 Å². The largest absolute Gasteiger partial charge is 0.490 e. The molecule has 0 saturated heterocycles. The summed E-state index contributed by atoms with van der Waals surface area (Å²) in [5.41, 5.74) is 0.708. The van der Waals surface area contributed by atoms with Crippen LogP contribution in [-0.4, -0.2) is 44.1 Å². The number of ether oxygens (including phenoxy) is 3. The van der Waals surface area contributed by atoms with E-state index in [0.29, 0.717) is 48.3 Å². The SMILES string of the molecule is CCOc1cc(C(=O)Nc2ccc(S(=O)(=O)Nc3ncccn3)cc2)cc(OCC)c1OCC. The van der Waals surface area contributed by atoms with Crippen LogP contribution in [0.1, 0.15) is 31.1 Å². The first kappa shape index (κ1) is 24.8. The zero-order valence-electron chi connectivity index (χ0n) is 19.1. The van der Waals surface area contributed by atoms with Crippen molar-refractivity contribution in [2.45, 2.75) is 25.7 Å². The van der Waals surface area contributed by atoms with Crippen molar-refractivity contribution < 1.29 is 27.4 Å². The van der Waals surface area contributed by atoms with Crippen LogP contribution in [0.25, 0.3) is 0 Å². The number of anilines is 2. The Morgan fingerprint density at radius 1 is 0.882 bits per heavy atom. The van der Waals surface area contributed by atoms with Gasteiger partial charge in [-0.3, -0.25) is 4.79 Å². The summed E-state index contributed by atoms with van der Waals surface area (Å²) in [4.78, 5) is 20.6. The van der Waals surface area contributed by atoms with E-state index in [1.165, 1.54) is 36.7 Å². The number of carbonyl (C=O) groups is 1. The van der Waals surface area contributed by atoms with Gasteiger partial charge in [0.05, 0.1) is 24.7 Å². The van der Waals surface area contributed by atoms with Gasteiger partial charge >= 0.3 is 0 Å². The van der Waals surface area contributed by atoms with Gasteiger partial charge in [-0.05, 0) is 63.2 Å². The predicted octanol–water partition coefficient (Wildman–Crippen LogP) is 3.73. The summed E-state index contributed by atoms with van der Waals surface area (Å²) < 4.78 is 44.3. The molecule has 3 rings (SSSR count). The van der Waals surface area contributed by atoms with Crippen LogP contribution in [-0.2, 0) is 10.0 Å². The minimum absolute atomic E-state index is 0.00344. The highest BCUT2D eigenvalue weighted by atomic mass is 32.2. The van der Waals surface area contributed by atoms with Crippen molar-refractivity contribution in [3.63, 3.8) is 0 Å². The van der Waals surface area contributed by atoms with Crippen LogP contribution in [0, 0.1) is 0 Å². The molecule has 180 valence electrons. The Hall–Kier alpha value is -3.86. The maximum Gasteiger partial charge on any atom is 0.264 e. The molecule has 1 aromatic heterocycles. The van der Waals surface area contributed by atoms with Gasteiger partial charge in [-0.2, -0.15) is 0 Å². The van der Waals surface area contributed by atoms with Crippen LogP contribution in [0.15, 0.2) is 59.8 Å². The van der Waals surface area contributed by atoms with Crippen molar-refractivity contribution in [3.05, 3.63) is 60.4 Å². The van der Waals surface area contributed by atoms with Crippen LogP contribution in [0.2, 0.25) is 0 Å². The normalized spacial score (nSPS) is 10.9. The predicted molar refractivity (Wildman–Crippen MR) is 127 cm³/mol. The van der Waals surface area contributed by atoms with Crippen molar-refractivity contribution >= 4 is 27.6 Å². The highest BCUT2D eigenvalue weighted by Gasteiger charge is 2.19. The summed E-state index contributed by atoms with van der Waals surface area (Å²) >= 11 is 0. The van der Waals surface area contributed by atoms with Crippen LogP contribution in [0.4, 0.5) is 11.6 Å². The van der Waals surface area contributed by atoms with E-state index < -0.39 is 15.9 Å². The molecule has 1 heterocycles. The number of rotatable bonds is 11. The standard InChI is InChI=1S/C23H26N4O6S/c1-4-31-19-14-16(15-20(32-5-2)21(19)33-6-3)22(28)26-17-8-10-18(11-9-17)34(29,30)27-23-24-12-7-13-25-23/h7-15H,4-6H2,1-3H3,(H,26,28)(H,24,25,27). The Morgan fingerprint density at radius 3 is 1.97 bits per heavy atom. The summed E-state index contributed by atoms with van der Waals surface area (Å²) in [6, 6.07) is 10.4. The number of benzene rings is 2. The van der Waals surface area contributed by atoms with E-state index in [0.717, 1.165) is 0 Å². The van der Waals surface area contributed by atoms with Crippen LogP contribution < -0.4 is 24.2 Å². The summed E-state index contributed by atoms with van der Waals surface area (Å²) in [6.07, 6.45) is 2.86. The van der Waals surface area contributed by atoms with Gasteiger partial charge in [-0.15, -0.1) is 0 Å². The van der Waals surface area contributed by atoms with Gasteiger partial charge in [0.25, 0.3) is 15.9 Å². The maximum absolute atomic E-state index is 12.9. The van der Waals surface area contributed by atoms with Crippen molar-refractivity contribution in [1.29, 1.82) is 0 Å². The van der Waals surface area contributed by atoms with E-state index in [9.17, 15) is 13.2 Å². The van der Waals surface area contributed by atoms with Gasteiger partial charge in [0.15, 0.2) is 11.5 Å². The van der Waals surface area contributed by atoms with E-state index in [-0.39, 0.29) is 10.8 Å². The van der Waals surface area contributed by atoms with E-state index in [4.69, 9.17) is 14.2 Å². The Bertz CT molecular complexity index is 1190. The molecule has 1 amide bonds. The van der Waals surface area contributed by atoms with Gasteiger partial charge in [-0.25, -0.2) is 23.1 Å². The number of amides is 1. The number of nitrogens with one attached hydrogen (secondary N) is 2. The van der Waals surface area contributed by atoms with Crippen molar-refractivity contribution in [2.24, 2.45) is 0 Å². The fraction of sp³-hybridized carbons (Fsp3) is 0.261. The van der Waals surface area contributed by atoms with E-state index in [1.807, 2.05) is 20.8 Å². The number of aromatic nitrogens is 2. The highest BCUT2D eigenvalue weighted by Crippen LogP contribution is 2.39. The smallest absolute Gasteiger partial charge is 0.264 e. The average Bonchev–Trinajstić information content (AvgIpc) is 2.82. The molecule has 34 heavy (non-hydrogen) atoms. The molecule has 0 aliphatic carbocycles. The summed E-state index contributed by atoms with van der Waals surface area (Å²) in [5.74, 6) is 0.779. The van der Waals surface area contributed by atoms with Gasteiger partial charge < -0.3 is 19.5 Å². The molecule has 2 aromatic carbocycles. The quantitative estimate of drug-likeness (QED) is 0.420. The molecule has 0 radical (unpaired) electrons. The van der Waals surface area contributed by atoms with Crippen molar-refractivity contribution in [2.75, 3.05) is 29.9 Å². The zero-order valence-corrected chi connectivity index (χ0v) is 19.9. The van der Waals surface area contributed by atoms with Gasteiger partial charge in [0.1, 0.15) is 0 Å². The lowest BCUT2D eigenvalue weighted by atomic mass is 10.1. The first-order chi connectivity index (χ1) is 16.4. The summed E-state index contributed by atoms with van der Waals surface area (Å²) in [6.45, 7) is 6.68. The second-order valence-corrected chi connectivity index (χ2v) is 8.44. The Labute approximate surface area is 198 Å². The zero-order chi connectivity index (χ0) is 24.6. The van der Waals surface area contributed by atoms with E-state index in [1.54, 1.807) is 18.2 Å². The van der Waals surface area contributed by atoms with Gasteiger partial charge in [-0.1, -0.05) is 0 Å². The second-order valence-electron chi connectivity index (χ2n) is 6.76. The molecule has 0 atom stereocenters. The summed E-state index contributed by atoms with van der Waals surface area (Å²) in [7, 11) is -3.88. The third kappa shape index (κ3) is 6.13. The molecule has 0 bridgehead atoms. The third-order valence-electron chi connectivity index (χ3n) is 4.39. The lowest BCUT2D eigenvalue weighted by molar-refractivity contribution is 0.102. The fourth-order valence-corrected chi connectivity index (χ4v) is 3.93. The minimum Gasteiger partial charge on any atom is -0.490 e. The number of hydrogen-bond donors (Lipinski definition) is 2. The fourth-order valence-electron chi connectivity index (χ4n) is 2.97. The Balaban J connectivity index is 1.80. The first-order valence-corrected chi connectivity index (χ1v) is 12.1. The molecule has 0 spiro atoms. The number of hydrogen-bond acceptors (Lipinski definition) is 8. The summed E-state index contributed by atoms with van der Waals surface area (Å²) in [5, 5.41) is 2.75. The van der Waals surface area contributed by atoms with Crippen LogP contribution >= 0.6 is 0 Å². The molecule has 11 heteroatoms. The molecule has 0 aliphatic rings. The molecular formula is C23H26N4O6S. The number of sulfonamides is 1.